The Morgan fingerprint density at radius 3 is 2.95 bits per heavy atom. The minimum atomic E-state index is 0.544. The highest BCUT2D eigenvalue weighted by molar-refractivity contribution is 5.24. The molecule has 0 amide bonds. The molecule has 0 saturated heterocycles. The van der Waals surface area contributed by atoms with Crippen molar-refractivity contribution >= 4 is 0 Å². The van der Waals surface area contributed by atoms with Crippen LogP contribution in [0.5, 0.6) is 5.88 Å². The molecule has 6 heteroatoms. The van der Waals surface area contributed by atoms with Gasteiger partial charge in [-0.05, 0) is 19.9 Å². The van der Waals surface area contributed by atoms with Crippen LogP contribution in [0.3, 0.4) is 0 Å². The van der Waals surface area contributed by atoms with E-state index in [0.29, 0.717) is 31.4 Å². The van der Waals surface area contributed by atoms with Crippen molar-refractivity contribution in [1.82, 2.24) is 19.5 Å². The maximum Gasteiger partial charge on any atom is 0.238 e. The summed E-state index contributed by atoms with van der Waals surface area (Å²) < 4.78 is 7.41. The second-order valence-corrected chi connectivity index (χ2v) is 4.25. The molecule has 0 radical (unpaired) electrons. The average Bonchev–Trinajstić information content (AvgIpc) is 2.84. The number of aryl methyl sites for hydroxylation is 1. The van der Waals surface area contributed by atoms with Crippen molar-refractivity contribution in [3.8, 4) is 11.8 Å². The van der Waals surface area contributed by atoms with Gasteiger partial charge in [0, 0.05) is 30.6 Å². The summed E-state index contributed by atoms with van der Waals surface area (Å²) >= 11 is 0. The molecule has 0 bridgehead atoms. The van der Waals surface area contributed by atoms with E-state index >= 15 is 0 Å². The van der Waals surface area contributed by atoms with Gasteiger partial charge in [-0.1, -0.05) is 6.92 Å². The van der Waals surface area contributed by atoms with Gasteiger partial charge in [0.2, 0.25) is 11.8 Å². The maximum absolute atomic E-state index is 5.57. The van der Waals surface area contributed by atoms with Gasteiger partial charge < -0.3 is 10.5 Å². The maximum atomic E-state index is 5.57. The first-order chi connectivity index (χ1) is 9.24. The Morgan fingerprint density at radius 2 is 2.21 bits per heavy atom. The monoisotopic (exact) mass is 261 g/mol. The van der Waals surface area contributed by atoms with Crippen molar-refractivity contribution in [3.05, 3.63) is 30.0 Å². The second kappa shape index (κ2) is 6.29. The third kappa shape index (κ3) is 3.29. The van der Waals surface area contributed by atoms with Gasteiger partial charge in [0.15, 0.2) is 0 Å². The Morgan fingerprint density at radius 1 is 1.37 bits per heavy atom. The summed E-state index contributed by atoms with van der Waals surface area (Å²) in [5.41, 5.74) is 6.44. The van der Waals surface area contributed by atoms with E-state index in [0.717, 1.165) is 17.9 Å². The molecular weight excluding hydrogens is 242 g/mol. The van der Waals surface area contributed by atoms with Gasteiger partial charge in [-0.25, -0.2) is 9.97 Å². The highest BCUT2D eigenvalue weighted by Gasteiger charge is 2.09. The van der Waals surface area contributed by atoms with Crippen LogP contribution in [-0.2, 0) is 6.42 Å². The number of nitrogens with zero attached hydrogens (tertiary/aromatic N) is 4. The summed E-state index contributed by atoms with van der Waals surface area (Å²) in [6, 6.07) is 1.83. The van der Waals surface area contributed by atoms with Gasteiger partial charge in [0.1, 0.15) is 5.82 Å². The first-order valence-electron chi connectivity index (χ1n) is 6.45. The Labute approximate surface area is 112 Å². The van der Waals surface area contributed by atoms with Gasteiger partial charge in [0.25, 0.3) is 0 Å². The summed E-state index contributed by atoms with van der Waals surface area (Å²) in [6.45, 7) is 5.17. The molecule has 2 rings (SSSR count). The normalized spacial score (nSPS) is 10.7. The smallest absolute Gasteiger partial charge is 0.238 e. The average molecular weight is 261 g/mol. The molecule has 0 atom stereocenters. The molecule has 2 aromatic rings. The fraction of sp³-hybridized carbons (Fsp3) is 0.462. The van der Waals surface area contributed by atoms with Crippen molar-refractivity contribution in [2.24, 2.45) is 5.73 Å². The van der Waals surface area contributed by atoms with Crippen LogP contribution in [0.15, 0.2) is 18.5 Å². The second-order valence-electron chi connectivity index (χ2n) is 4.25. The first-order valence-corrected chi connectivity index (χ1v) is 6.45. The van der Waals surface area contributed by atoms with E-state index in [2.05, 4.69) is 21.9 Å². The number of ether oxygens (including phenoxy) is 1. The number of aromatic nitrogens is 4. The lowest BCUT2D eigenvalue weighted by molar-refractivity contribution is 0.304. The number of hydrogen-bond donors (Lipinski definition) is 1. The van der Waals surface area contributed by atoms with Gasteiger partial charge in [-0.2, -0.15) is 4.98 Å². The first kappa shape index (κ1) is 13.5. The lowest BCUT2D eigenvalue weighted by Gasteiger charge is -2.09. The molecule has 0 aliphatic carbocycles. The van der Waals surface area contributed by atoms with Crippen LogP contribution in [0.1, 0.15) is 24.9 Å². The summed E-state index contributed by atoms with van der Waals surface area (Å²) in [7, 11) is 0. The molecule has 0 aromatic carbocycles. The van der Waals surface area contributed by atoms with E-state index in [4.69, 9.17) is 10.5 Å². The van der Waals surface area contributed by atoms with E-state index in [-0.39, 0.29) is 0 Å². The zero-order valence-electron chi connectivity index (χ0n) is 11.3. The Bertz CT molecular complexity index is 538. The number of nitrogens with two attached hydrogens (primary N) is 1. The molecule has 2 heterocycles. The molecule has 0 saturated carbocycles. The Kier molecular flexibility index (Phi) is 4.46. The minimum Gasteiger partial charge on any atom is -0.478 e. The molecule has 0 spiro atoms. The van der Waals surface area contributed by atoms with Gasteiger partial charge >= 0.3 is 0 Å². The van der Waals surface area contributed by atoms with Gasteiger partial charge in [-0.15, -0.1) is 0 Å². The Balaban J connectivity index is 2.32. The van der Waals surface area contributed by atoms with Crippen LogP contribution in [0.4, 0.5) is 0 Å². The van der Waals surface area contributed by atoms with Crippen molar-refractivity contribution in [3.63, 3.8) is 0 Å². The summed E-state index contributed by atoms with van der Waals surface area (Å²) in [6.07, 6.45) is 5.20. The van der Waals surface area contributed by atoms with Crippen LogP contribution in [0.2, 0.25) is 0 Å². The van der Waals surface area contributed by atoms with Gasteiger partial charge in [0.05, 0.1) is 6.61 Å². The van der Waals surface area contributed by atoms with Crippen molar-refractivity contribution < 1.29 is 4.74 Å². The van der Waals surface area contributed by atoms with Crippen LogP contribution in [-0.4, -0.2) is 32.7 Å². The molecule has 6 nitrogen and oxygen atoms in total. The molecule has 2 aromatic heterocycles. The largest absolute Gasteiger partial charge is 0.478 e. The van der Waals surface area contributed by atoms with E-state index in [1.807, 2.05) is 23.8 Å². The number of hydrogen-bond acceptors (Lipinski definition) is 5. The summed E-state index contributed by atoms with van der Waals surface area (Å²) in [4.78, 5) is 13.1. The van der Waals surface area contributed by atoms with Crippen LogP contribution in [0, 0.1) is 6.92 Å². The van der Waals surface area contributed by atoms with Crippen molar-refractivity contribution in [1.29, 1.82) is 0 Å². The molecule has 0 aliphatic heterocycles. The van der Waals surface area contributed by atoms with Gasteiger partial charge in [-0.3, -0.25) is 4.57 Å². The van der Waals surface area contributed by atoms with E-state index in [1.165, 1.54) is 0 Å². The van der Waals surface area contributed by atoms with Crippen LogP contribution < -0.4 is 10.5 Å². The van der Waals surface area contributed by atoms with E-state index in [1.54, 1.807) is 6.20 Å². The SMILES string of the molecule is CCCOc1cc(C)nc(-n2ccnc2CCN)n1. The zero-order valence-corrected chi connectivity index (χ0v) is 11.3. The number of rotatable bonds is 6. The highest BCUT2D eigenvalue weighted by atomic mass is 16.5. The fourth-order valence-electron chi connectivity index (χ4n) is 1.74. The fourth-order valence-corrected chi connectivity index (χ4v) is 1.74. The van der Waals surface area contributed by atoms with E-state index < -0.39 is 0 Å². The molecule has 2 N–H and O–H groups in total. The molecule has 0 unspecified atom stereocenters. The zero-order chi connectivity index (χ0) is 13.7. The van der Waals surface area contributed by atoms with Crippen LogP contribution in [0.25, 0.3) is 5.95 Å². The molecule has 19 heavy (non-hydrogen) atoms. The van der Waals surface area contributed by atoms with Crippen LogP contribution >= 0.6 is 0 Å². The third-order valence-corrected chi connectivity index (χ3v) is 2.57. The lowest BCUT2D eigenvalue weighted by Crippen LogP contribution is -2.11. The topological polar surface area (TPSA) is 78.8 Å². The molecule has 0 fully saturated rings. The highest BCUT2D eigenvalue weighted by Crippen LogP contribution is 2.13. The van der Waals surface area contributed by atoms with Crippen molar-refractivity contribution in [2.75, 3.05) is 13.2 Å². The Hall–Kier alpha value is -1.95. The predicted molar refractivity (Wildman–Crippen MR) is 72.4 cm³/mol. The molecule has 102 valence electrons. The lowest BCUT2D eigenvalue weighted by atomic mass is 10.4. The minimum absolute atomic E-state index is 0.544. The van der Waals surface area contributed by atoms with Crippen molar-refractivity contribution in [2.45, 2.75) is 26.7 Å². The molecular formula is C13H19N5O. The molecule has 0 aliphatic rings. The summed E-state index contributed by atoms with van der Waals surface area (Å²) in [5.74, 6) is 2.03. The van der Waals surface area contributed by atoms with E-state index in [9.17, 15) is 0 Å². The third-order valence-electron chi connectivity index (χ3n) is 2.57. The number of imidazole rings is 1. The summed E-state index contributed by atoms with van der Waals surface area (Å²) in [5, 5.41) is 0. The standard InChI is InChI=1S/C13H19N5O/c1-3-8-19-12-9-10(2)16-13(17-12)18-7-6-15-11(18)4-5-14/h6-7,9H,3-5,8,14H2,1-2H3. The predicted octanol–water partition coefficient (Wildman–Crippen LogP) is 1.26. The quantitative estimate of drug-likeness (QED) is 0.847.